The normalized spacial score (nSPS) is 29.4. The molecule has 0 saturated carbocycles. The molecule has 3 heteroatoms. The first-order chi connectivity index (χ1) is 4.70. The average molecular weight is 143 g/mol. The maximum Gasteiger partial charge on any atom is 0.0285 e. The van der Waals surface area contributed by atoms with Crippen LogP contribution in [-0.4, -0.2) is 43.2 Å². The minimum Gasteiger partial charge on any atom is -0.326 e. The summed E-state index contributed by atoms with van der Waals surface area (Å²) in [4.78, 5) is 0. The molecule has 1 atom stereocenters. The Morgan fingerprint density at radius 1 is 1.50 bits per heavy atom. The van der Waals surface area contributed by atoms with Crippen molar-refractivity contribution >= 4 is 0 Å². The predicted octanol–water partition coefficient (Wildman–Crippen LogP) is -0.114. The molecule has 0 amide bonds. The van der Waals surface area contributed by atoms with Crippen molar-refractivity contribution in [3.63, 3.8) is 0 Å². The fourth-order valence-corrected chi connectivity index (χ4v) is 1.35. The summed E-state index contributed by atoms with van der Waals surface area (Å²) in [6.07, 6.45) is 2.42. The van der Waals surface area contributed by atoms with Crippen LogP contribution in [0.3, 0.4) is 0 Å². The molecule has 60 valence electrons. The fraction of sp³-hybridized carbons (Fsp3) is 1.00. The predicted molar refractivity (Wildman–Crippen MR) is 42.5 cm³/mol. The topological polar surface area (TPSA) is 32.5 Å². The number of rotatable bonds is 1. The van der Waals surface area contributed by atoms with Gasteiger partial charge in [0.2, 0.25) is 0 Å². The molecular formula is C7H17N3. The molecule has 0 unspecified atom stereocenters. The third-order valence-corrected chi connectivity index (χ3v) is 2.00. The molecule has 0 aromatic rings. The first kappa shape index (κ1) is 7.98. The zero-order valence-electron chi connectivity index (χ0n) is 6.88. The van der Waals surface area contributed by atoms with Crippen LogP contribution in [0.1, 0.15) is 12.8 Å². The molecule has 2 N–H and O–H groups in total. The Kier molecular flexibility index (Phi) is 2.65. The van der Waals surface area contributed by atoms with E-state index in [-0.39, 0.29) is 0 Å². The van der Waals surface area contributed by atoms with E-state index in [0.717, 1.165) is 6.54 Å². The van der Waals surface area contributed by atoms with Crippen molar-refractivity contribution in [1.82, 2.24) is 10.0 Å². The van der Waals surface area contributed by atoms with Gasteiger partial charge in [0, 0.05) is 33.2 Å². The fourth-order valence-electron chi connectivity index (χ4n) is 1.35. The van der Waals surface area contributed by atoms with Crippen molar-refractivity contribution in [1.29, 1.82) is 0 Å². The molecule has 1 heterocycles. The Morgan fingerprint density at radius 2 is 2.20 bits per heavy atom. The summed E-state index contributed by atoms with van der Waals surface area (Å²) in [5.41, 5.74) is 5.79. The minimum absolute atomic E-state index is 0.385. The number of nitrogens with zero attached hydrogens (tertiary/aromatic N) is 2. The van der Waals surface area contributed by atoms with Gasteiger partial charge in [0.05, 0.1) is 0 Å². The quantitative estimate of drug-likeness (QED) is 0.556. The summed E-state index contributed by atoms with van der Waals surface area (Å²) < 4.78 is 0. The second-order valence-corrected chi connectivity index (χ2v) is 3.16. The van der Waals surface area contributed by atoms with Gasteiger partial charge in [0.15, 0.2) is 0 Å². The third kappa shape index (κ3) is 1.94. The zero-order chi connectivity index (χ0) is 7.56. The largest absolute Gasteiger partial charge is 0.326 e. The highest BCUT2D eigenvalue weighted by Gasteiger charge is 2.17. The SMILES string of the molecule is CN(C)N1CCC[C@@H](N)C1. The molecule has 3 nitrogen and oxygen atoms in total. The maximum atomic E-state index is 5.79. The van der Waals surface area contributed by atoms with E-state index < -0.39 is 0 Å². The summed E-state index contributed by atoms with van der Waals surface area (Å²) in [6.45, 7) is 2.19. The highest BCUT2D eigenvalue weighted by Crippen LogP contribution is 2.07. The van der Waals surface area contributed by atoms with E-state index in [2.05, 4.69) is 24.1 Å². The van der Waals surface area contributed by atoms with Gasteiger partial charge in [-0.3, -0.25) is 0 Å². The summed E-state index contributed by atoms with van der Waals surface area (Å²) in [5, 5.41) is 4.41. The van der Waals surface area contributed by atoms with E-state index in [1.54, 1.807) is 0 Å². The minimum atomic E-state index is 0.385. The van der Waals surface area contributed by atoms with Gasteiger partial charge in [0.1, 0.15) is 0 Å². The van der Waals surface area contributed by atoms with Crippen LogP contribution in [-0.2, 0) is 0 Å². The molecule has 1 aliphatic heterocycles. The lowest BCUT2D eigenvalue weighted by atomic mass is 10.1. The van der Waals surface area contributed by atoms with E-state index in [1.807, 2.05) is 0 Å². The maximum absolute atomic E-state index is 5.79. The molecule has 1 rings (SSSR count). The molecule has 1 aliphatic rings. The van der Waals surface area contributed by atoms with E-state index in [1.165, 1.54) is 19.4 Å². The number of piperidine rings is 1. The van der Waals surface area contributed by atoms with Gasteiger partial charge < -0.3 is 5.73 Å². The Morgan fingerprint density at radius 3 is 2.60 bits per heavy atom. The Labute approximate surface area is 62.8 Å². The van der Waals surface area contributed by atoms with Crippen LogP contribution >= 0.6 is 0 Å². The molecule has 1 saturated heterocycles. The van der Waals surface area contributed by atoms with Gasteiger partial charge in [-0.05, 0) is 12.8 Å². The first-order valence-electron chi connectivity index (χ1n) is 3.88. The zero-order valence-corrected chi connectivity index (χ0v) is 6.88. The molecule has 0 spiro atoms. The Hall–Kier alpha value is -0.120. The van der Waals surface area contributed by atoms with Crippen molar-refractivity contribution in [2.24, 2.45) is 5.73 Å². The van der Waals surface area contributed by atoms with Crippen LogP contribution in [0.25, 0.3) is 0 Å². The van der Waals surface area contributed by atoms with Gasteiger partial charge in [-0.15, -0.1) is 0 Å². The second-order valence-electron chi connectivity index (χ2n) is 3.16. The lowest BCUT2D eigenvalue weighted by Gasteiger charge is -2.35. The highest BCUT2D eigenvalue weighted by atomic mass is 15.6. The third-order valence-electron chi connectivity index (χ3n) is 2.00. The van der Waals surface area contributed by atoms with Crippen LogP contribution in [0.4, 0.5) is 0 Å². The second kappa shape index (κ2) is 3.32. The number of hydrogen-bond donors (Lipinski definition) is 1. The van der Waals surface area contributed by atoms with Gasteiger partial charge in [0.25, 0.3) is 0 Å². The van der Waals surface area contributed by atoms with Crippen LogP contribution in [0.15, 0.2) is 0 Å². The van der Waals surface area contributed by atoms with Crippen molar-refractivity contribution in [2.45, 2.75) is 18.9 Å². The molecule has 0 radical (unpaired) electrons. The van der Waals surface area contributed by atoms with E-state index in [0.29, 0.717) is 6.04 Å². The Balaban J connectivity index is 2.32. The molecule has 10 heavy (non-hydrogen) atoms. The lowest BCUT2D eigenvalue weighted by molar-refractivity contribution is 0.000677. The molecular weight excluding hydrogens is 126 g/mol. The van der Waals surface area contributed by atoms with E-state index >= 15 is 0 Å². The summed E-state index contributed by atoms with van der Waals surface area (Å²) in [5.74, 6) is 0. The summed E-state index contributed by atoms with van der Waals surface area (Å²) >= 11 is 0. The summed E-state index contributed by atoms with van der Waals surface area (Å²) in [7, 11) is 4.14. The van der Waals surface area contributed by atoms with Crippen LogP contribution in [0.2, 0.25) is 0 Å². The number of hydrazine groups is 1. The van der Waals surface area contributed by atoms with Crippen LogP contribution in [0, 0.1) is 0 Å². The number of nitrogens with two attached hydrogens (primary N) is 1. The molecule has 0 aromatic carbocycles. The van der Waals surface area contributed by atoms with Gasteiger partial charge in [-0.2, -0.15) is 0 Å². The standard InChI is InChI=1S/C7H17N3/c1-9(2)10-5-3-4-7(8)6-10/h7H,3-6,8H2,1-2H3/t7-/m1/s1. The molecule has 1 fully saturated rings. The van der Waals surface area contributed by atoms with Gasteiger partial charge in [-0.1, -0.05) is 0 Å². The van der Waals surface area contributed by atoms with E-state index in [4.69, 9.17) is 5.73 Å². The van der Waals surface area contributed by atoms with Crippen LogP contribution < -0.4 is 5.73 Å². The monoisotopic (exact) mass is 143 g/mol. The van der Waals surface area contributed by atoms with Crippen molar-refractivity contribution in [2.75, 3.05) is 27.2 Å². The van der Waals surface area contributed by atoms with Crippen molar-refractivity contribution in [3.05, 3.63) is 0 Å². The molecule has 0 aromatic heterocycles. The first-order valence-corrected chi connectivity index (χ1v) is 3.88. The lowest BCUT2D eigenvalue weighted by Crippen LogP contribution is -2.48. The van der Waals surface area contributed by atoms with Crippen molar-refractivity contribution < 1.29 is 0 Å². The van der Waals surface area contributed by atoms with Gasteiger partial charge in [-0.25, -0.2) is 10.0 Å². The summed E-state index contributed by atoms with van der Waals surface area (Å²) in [6, 6.07) is 0.385. The highest BCUT2D eigenvalue weighted by molar-refractivity contribution is 4.72. The average Bonchev–Trinajstić information content (AvgIpc) is 1.88. The van der Waals surface area contributed by atoms with Gasteiger partial charge >= 0.3 is 0 Å². The molecule has 0 aliphatic carbocycles. The number of hydrogen-bond acceptors (Lipinski definition) is 3. The van der Waals surface area contributed by atoms with Crippen LogP contribution in [0.5, 0.6) is 0 Å². The van der Waals surface area contributed by atoms with Crippen molar-refractivity contribution in [3.8, 4) is 0 Å². The molecule has 0 bridgehead atoms. The smallest absolute Gasteiger partial charge is 0.0285 e. The Bertz CT molecular complexity index is 103. The van der Waals surface area contributed by atoms with E-state index in [9.17, 15) is 0 Å².